The van der Waals surface area contributed by atoms with E-state index in [1.807, 2.05) is 60.7 Å². The van der Waals surface area contributed by atoms with Gasteiger partial charge in [0, 0.05) is 28.1 Å². The fourth-order valence-corrected chi connectivity index (χ4v) is 4.47. The molecule has 10 nitrogen and oxygen atoms in total. The van der Waals surface area contributed by atoms with Gasteiger partial charge in [-0.3, -0.25) is 14.1 Å². The SMILES string of the molecule is COP(OC)O[C@H]1O[C@H](COCc2ccccc2)[C@@H](OC(C)=O)[C@H](OC(C)=O)[C@H]1OCc1ccccc1. The summed E-state index contributed by atoms with van der Waals surface area (Å²) in [5.41, 5.74) is 1.83. The first-order valence-electron chi connectivity index (χ1n) is 11.7. The standard InChI is InChI=1S/C26H33O10P/c1-18(27)33-23-22(17-31-15-20-11-7-5-8-12-20)35-26(36-37(29-3)30-4)25(24(23)34-19(2)28)32-16-21-13-9-6-10-14-21/h5-14,22-26H,15-17H2,1-4H3/t22-,23-,24+,25-,26-/m1/s1. The number of hydrogen-bond donors (Lipinski definition) is 0. The lowest BCUT2D eigenvalue weighted by atomic mass is 9.98. The minimum atomic E-state index is -1.80. The molecule has 0 spiro atoms. The van der Waals surface area contributed by atoms with Crippen LogP contribution < -0.4 is 0 Å². The van der Waals surface area contributed by atoms with Crippen LogP contribution in [0.25, 0.3) is 0 Å². The van der Waals surface area contributed by atoms with E-state index in [9.17, 15) is 9.59 Å². The van der Waals surface area contributed by atoms with Gasteiger partial charge >= 0.3 is 20.5 Å². The quantitative estimate of drug-likeness (QED) is 0.276. The van der Waals surface area contributed by atoms with E-state index in [1.165, 1.54) is 28.1 Å². The zero-order valence-corrected chi connectivity index (χ0v) is 22.2. The number of rotatable bonds is 13. The topological polar surface area (TPSA) is 108 Å². The predicted octanol–water partition coefficient (Wildman–Crippen LogP) is 3.91. The Bertz CT molecular complexity index is 956. The minimum absolute atomic E-state index is 0.0216. The third-order valence-corrected chi connectivity index (χ3v) is 6.34. The van der Waals surface area contributed by atoms with E-state index in [0.29, 0.717) is 6.61 Å². The Morgan fingerprint density at radius 1 is 0.784 bits per heavy atom. The molecule has 0 unspecified atom stereocenters. The maximum Gasteiger partial charge on any atom is 0.334 e. The molecule has 2 aromatic rings. The fourth-order valence-electron chi connectivity index (χ4n) is 3.81. The third-order valence-electron chi connectivity index (χ3n) is 5.36. The summed E-state index contributed by atoms with van der Waals surface area (Å²) in [6.45, 7) is 3.01. The Morgan fingerprint density at radius 2 is 1.32 bits per heavy atom. The summed E-state index contributed by atoms with van der Waals surface area (Å²) < 4.78 is 45.9. The van der Waals surface area contributed by atoms with Crippen molar-refractivity contribution in [3.8, 4) is 0 Å². The molecule has 1 fully saturated rings. The lowest BCUT2D eigenvalue weighted by Gasteiger charge is -2.44. The molecule has 5 atom stereocenters. The fraction of sp³-hybridized carbons (Fsp3) is 0.462. The number of ether oxygens (including phenoxy) is 5. The zero-order valence-electron chi connectivity index (χ0n) is 21.3. The highest BCUT2D eigenvalue weighted by Crippen LogP contribution is 2.43. The number of carbonyl (C=O) groups is 2. The summed E-state index contributed by atoms with van der Waals surface area (Å²) in [7, 11) is 1.06. The molecule has 0 aliphatic carbocycles. The van der Waals surface area contributed by atoms with Gasteiger partial charge in [-0.1, -0.05) is 60.7 Å². The second-order valence-corrected chi connectivity index (χ2v) is 9.54. The van der Waals surface area contributed by atoms with Gasteiger partial charge < -0.3 is 32.7 Å². The summed E-state index contributed by atoms with van der Waals surface area (Å²) in [6, 6.07) is 19.0. The van der Waals surface area contributed by atoms with E-state index >= 15 is 0 Å². The van der Waals surface area contributed by atoms with Crippen molar-refractivity contribution in [3.63, 3.8) is 0 Å². The monoisotopic (exact) mass is 536 g/mol. The molecule has 37 heavy (non-hydrogen) atoms. The number of esters is 2. The van der Waals surface area contributed by atoms with Gasteiger partial charge in [0.1, 0.15) is 12.2 Å². The Kier molecular flexibility index (Phi) is 11.9. The summed E-state index contributed by atoms with van der Waals surface area (Å²) in [6.07, 6.45) is -4.98. The van der Waals surface area contributed by atoms with Crippen molar-refractivity contribution in [1.82, 2.24) is 0 Å². The van der Waals surface area contributed by atoms with Gasteiger partial charge in [-0.2, -0.15) is 0 Å². The van der Waals surface area contributed by atoms with Crippen molar-refractivity contribution >= 4 is 20.5 Å². The smallest absolute Gasteiger partial charge is 0.334 e. The molecule has 0 amide bonds. The molecule has 202 valence electrons. The van der Waals surface area contributed by atoms with Gasteiger partial charge in [0.2, 0.25) is 0 Å². The first-order valence-corrected chi connectivity index (χ1v) is 12.8. The van der Waals surface area contributed by atoms with Crippen LogP contribution in [-0.2, 0) is 60.1 Å². The van der Waals surface area contributed by atoms with E-state index in [1.54, 1.807) is 0 Å². The Hall–Kier alpha value is -2.43. The molecule has 0 saturated carbocycles. The van der Waals surface area contributed by atoms with Crippen LogP contribution in [0.4, 0.5) is 0 Å². The summed E-state index contributed by atoms with van der Waals surface area (Å²) >= 11 is 0. The maximum absolute atomic E-state index is 12.1. The molecule has 1 aliphatic rings. The van der Waals surface area contributed by atoms with Gasteiger partial charge in [-0.05, 0) is 11.1 Å². The molecular weight excluding hydrogens is 503 g/mol. The molecule has 0 radical (unpaired) electrons. The predicted molar refractivity (Wildman–Crippen MR) is 133 cm³/mol. The molecular formula is C26H33O10P. The first-order chi connectivity index (χ1) is 17.9. The van der Waals surface area contributed by atoms with Crippen LogP contribution in [-0.4, -0.2) is 63.5 Å². The van der Waals surface area contributed by atoms with Crippen molar-refractivity contribution in [2.45, 2.75) is 57.8 Å². The Labute approximate surface area is 218 Å². The number of benzene rings is 2. The largest absolute Gasteiger partial charge is 0.456 e. The summed E-state index contributed by atoms with van der Waals surface area (Å²) in [5, 5.41) is 0. The highest BCUT2D eigenvalue weighted by Gasteiger charge is 2.52. The number of carbonyl (C=O) groups excluding carboxylic acids is 2. The van der Waals surface area contributed by atoms with Crippen LogP contribution in [0, 0.1) is 0 Å². The van der Waals surface area contributed by atoms with Gasteiger partial charge in [-0.25, -0.2) is 0 Å². The third kappa shape index (κ3) is 9.12. The lowest BCUT2D eigenvalue weighted by Crippen LogP contribution is -2.62. The number of hydrogen-bond acceptors (Lipinski definition) is 10. The van der Waals surface area contributed by atoms with Gasteiger partial charge in [-0.15, -0.1) is 0 Å². The molecule has 0 N–H and O–H groups in total. The average molecular weight is 537 g/mol. The van der Waals surface area contributed by atoms with Crippen LogP contribution in [0.15, 0.2) is 60.7 Å². The second kappa shape index (κ2) is 15.1. The van der Waals surface area contributed by atoms with Gasteiger partial charge in [0.05, 0.1) is 19.8 Å². The van der Waals surface area contributed by atoms with Crippen molar-refractivity contribution in [3.05, 3.63) is 71.8 Å². The van der Waals surface area contributed by atoms with E-state index in [2.05, 4.69) is 0 Å². The van der Waals surface area contributed by atoms with Crippen molar-refractivity contribution in [2.24, 2.45) is 0 Å². The first kappa shape index (κ1) is 29.1. The van der Waals surface area contributed by atoms with Crippen LogP contribution in [0.2, 0.25) is 0 Å². The molecule has 0 aromatic heterocycles. The van der Waals surface area contributed by atoms with Gasteiger partial charge in [0.25, 0.3) is 0 Å². The van der Waals surface area contributed by atoms with Crippen LogP contribution >= 0.6 is 8.60 Å². The van der Waals surface area contributed by atoms with Gasteiger partial charge in [0.15, 0.2) is 18.5 Å². The van der Waals surface area contributed by atoms with E-state index in [0.717, 1.165) is 11.1 Å². The molecule has 2 aromatic carbocycles. The van der Waals surface area contributed by atoms with Crippen molar-refractivity contribution in [2.75, 3.05) is 20.8 Å². The molecule has 1 aliphatic heterocycles. The molecule has 1 saturated heterocycles. The Morgan fingerprint density at radius 3 is 1.86 bits per heavy atom. The van der Waals surface area contributed by atoms with Crippen molar-refractivity contribution < 1.29 is 46.8 Å². The minimum Gasteiger partial charge on any atom is -0.456 e. The molecule has 0 bridgehead atoms. The molecule has 3 rings (SSSR count). The Balaban J connectivity index is 1.87. The van der Waals surface area contributed by atoms with E-state index in [-0.39, 0.29) is 13.2 Å². The maximum atomic E-state index is 12.1. The van der Waals surface area contributed by atoms with Crippen molar-refractivity contribution in [1.29, 1.82) is 0 Å². The van der Waals surface area contributed by atoms with Crippen LogP contribution in [0.3, 0.4) is 0 Å². The highest BCUT2D eigenvalue weighted by atomic mass is 31.2. The molecule has 11 heteroatoms. The summed E-state index contributed by atoms with van der Waals surface area (Å²) in [4.78, 5) is 24.2. The van der Waals surface area contributed by atoms with Crippen LogP contribution in [0.5, 0.6) is 0 Å². The average Bonchev–Trinajstić information content (AvgIpc) is 2.89. The van der Waals surface area contributed by atoms with E-state index in [4.69, 9.17) is 37.3 Å². The molecule has 1 heterocycles. The zero-order chi connectivity index (χ0) is 26.6. The second-order valence-electron chi connectivity index (χ2n) is 8.15. The lowest BCUT2D eigenvalue weighted by molar-refractivity contribution is -0.298. The highest BCUT2D eigenvalue weighted by molar-refractivity contribution is 7.41. The normalized spacial score (nSPS) is 23.5. The summed E-state index contributed by atoms with van der Waals surface area (Å²) in [5.74, 6) is -1.16. The van der Waals surface area contributed by atoms with Crippen LogP contribution in [0.1, 0.15) is 25.0 Å². The van der Waals surface area contributed by atoms with E-state index < -0.39 is 51.2 Å².